The Hall–Kier alpha value is -1.05. The number of aryl methyl sites for hydroxylation is 1. The lowest BCUT2D eigenvalue weighted by atomic mass is 9.71. The van der Waals surface area contributed by atoms with Crippen molar-refractivity contribution in [3.63, 3.8) is 0 Å². The van der Waals surface area contributed by atoms with Crippen LogP contribution < -0.4 is 0 Å². The van der Waals surface area contributed by atoms with Crippen LogP contribution in [0.1, 0.15) is 51.4 Å². The molecule has 0 radical (unpaired) electrons. The third-order valence-corrected chi connectivity index (χ3v) is 3.42. The maximum absolute atomic E-state index is 4.40. The van der Waals surface area contributed by atoms with Crippen LogP contribution in [-0.2, 0) is 0 Å². The third-order valence-electron chi connectivity index (χ3n) is 3.42. The van der Waals surface area contributed by atoms with Gasteiger partial charge in [-0.25, -0.2) is 0 Å². The molecule has 2 rings (SSSR count). The Kier molecular flexibility index (Phi) is 2.45. The van der Waals surface area contributed by atoms with Crippen LogP contribution in [0.5, 0.6) is 0 Å². The molecule has 2 nitrogen and oxygen atoms in total. The minimum absolute atomic E-state index is 0.282. The van der Waals surface area contributed by atoms with Gasteiger partial charge in [-0.2, -0.15) is 5.10 Å². The number of rotatable bonds is 1. The van der Waals surface area contributed by atoms with Crippen LogP contribution in [0.25, 0.3) is 5.57 Å². The second-order valence-electron chi connectivity index (χ2n) is 5.33. The molecular formula is C13H20N2. The van der Waals surface area contributed by atoms with Crippen LogP contribution >= 0.6 is 0 Å². The minimum atomic E-state index is 0.282. The molecule has 0 aromatic carbocycles. The van der Waals surface area contributed by atoms with E-state index in [1.54, 1.807) is 0 Å². The maximum Gasteiger partial charge on any atom is 0.0887 e. The summed E-state index contributed by atoms with van der Waals surface area (Å²) in [6, 6.07) is 2.16. The fourth-order valence-corrected chi connectivity index (χ4v) is 2.73. The zero-order valence-corrected chi connectivity index (χ0v) is 10.1. The van der Waals surface area contributed by atoms with Crippen molar-refractivity contribution in [1.82, 2.24) is 10.2 Å². The van der Waals surface area contributed by atoms with E-state index in [9.17, 15) is 0 Å². The quantitative estimate of drug-likeness (QED) is 0.742. The molecule has 0 bridgehead atoms. The predicted octanol–water partition coefficient (Wildman–Crippen LogP) is 3.70. The van der Waals surface area contributed by atoms with Crippen LogP contribution in [0.2, 0.25) is 0 Å². The molecule has 0 atom stereocenters. The van der Waals surface area contributed by atoms with Gasteiger partial charge in [0.05, 0.1) is 5.69 Å². The molecule has 1 aromatic rings. The standard InChI is InChI=1S/C13H20N2/c1-9-6-5-7-13(3,4)12(9)11-8-10(2)14-15-11/h8H,5-7H2,1-4H3,(H,14,15). The van der Waals surface area contributed by atoms with Gasteiger partial charge in [-0.1, -0.05) is 19.4 Å². The lowest BCUT2D eigenvalue weighted by molar-refractivity contribution is 0.416. The Morgan fingerprint density at radius 2 is 2.07 bits per heavy atom. The summed E-state index contributed by atoms with van der Waals surface area (Å²) in [5.41, 5.74) is 5.54. The van der Waals surface area contributed by atoms with Crippen molar-refractivity contribution in [1.29, 1.82) is 0 Å². The van der Waals surface area contributed by atoms with Gasteiger partial charge in [0.15, 0.2) is 0 Å². The van der Waals surface area contributed by atoms with Gasteiger partial charge in [0, 0.05) is 5.69 Å². The van der Waals surface area contributed by atoms with E-state index >= 15 is 0 Å². The number of aromatic nitrogens is 2. The van der Waals surface area contributed by atoms with Crippen LogP contribution in [-0.4, -0.2) is 10.2 Å². The molecule has 0 saturated heterocycles. The van der Waals surface area contributed by atoms with E-state index in [4.69, 9.17) is 0 Å². The molecular weight excluding hydrogens is 184 g/mol. The van der Waals surface area contributed by atoms with E-state index in [0.717, 1.165) is 11.4 Å². The topological polar surface area (TPSA) is 28.7 Å². The SMILES string of the molecule is CC1=C(c2cc(C)[nH]n2)C(C)(C)CCC1. The van der Waals surface area contributed by atoms with Crippen molar-refractivity contribution in [2.45, 2.75) is 47.0 Å². The average molecular weight is 204 g/mol. The molecule has 0 fully saturated rings. The Balaban J connectivity index is 2.49. The van der Waals surface area contributed by atoms with E-state index < -0.39 is 0 Å². The summed E-state index contributed by atoms with van der Waals surface area (Å²) in [7, 11) is 0. The third kappa shape index (κ3) is 1.85. The van der Waals surface area contributed by atoms with Crippen molar-refractivity contribution >= 4 is 5.57 Å². The molecule has 0 amide bonds. The van der Waals surface area contributed by atoms with E-state index in [1.165, 1.54) is 30.4 Å². The molecule has 15 heavy (non-hydrogen) atoms. The first-order chi connectivity index (χ1) is 7.00. The number of hydrogen-bond acceptors (Lipinski definition) is 1. The van der Waals surface area contributed by atoms with E-state index in [0.29, 0.717) is 0 Å². The van der Waals surface area contributed by atoms with Crippen molar-refractivity contribution in [3.8, 4) is 0 Å². The van der Waals surface area contributed by atoms with Crippen LogP contribution in [0, 0.1) is 12.3 Å². The normalized spacial score (nSPS) is 20.8. The first-order valence-electron chi connectivity index (χ1n) is 5.73. The molecule has 1 aliphatic carbocycles. The number of hydrogen-bond donors (Lipinski definition) is 1. The number of H-pyrrole nitrogens is 1. The number of nitrogens with zero attached hydrogens (tertiary/aromatic N) is 1. The summed E-state index contributed by atoms with van der Waals surface area (Å²) in [5.74, 6) is 0. The summed E-state index contributed by atoms with van der Waals surface area (Å²) < 4.78 is 0. The molecule has 82 valence electrons. The molecule has 1 N–H and O–H groups in total. The molecule has 2 heteroatoms. The van der Waals surface area contributed by atoms with E-state index in [-0.39, 0.29) is 5.41 Å². The van der Waals surface area contributed by atoms with Gasteiger partial charge in [-0.05, 0) is 50.2 Å². The molecule has 1 aliphatic rings. The number of allylic oxidation sites excluding steroid dienone is 2. The van der Waals surface area contributed by atoms with Gasteiger partial charge >= 0.3 is 0 Å². The Bertz CT molecular complexity index is 396. The van der Waals surface area contributed by atoms with Crippen molar-refractivity contribution in [2.75, 3.05) is 0 Å². The van der Waals surface area contributed by atoms with Crippen LogP contribution in [0.15, 0.2) is 11.6 Å². The lowest BCUT2D eigenvalue weighted by Gasteiger charge is -2.33. The second-order valence-corrected chi connectivity index (χ2v) is 5.33. The summed E-state index contributed by atoms with van der Waals surface area (Å²) in [6.07, 6.45) is 3.81. The fraction of sp³-hybridized carbons (Fsp3) is 0.615. The highest BCUT2D eigenvalue weighted by Crippen LogP contribution is 2.45. The molecule has 1 heterocycles. The molecule has 1 aromatic heterocycles. The predicted molar refractivity (Wildman–Crippen MR) is 63.6 cm³/mol. The van der Waals surface area contributed by atoms with Crippen molar-refractivity contribution < 1.29 is 0 Å². The highest BCUT2D eigenvalue weighted by atomic mass is 15.1. The summed E-state index contributed by atoms with van der Waals surface area (Å²) >= 11 is 0. The van der Waals surface area contributed by atoms with Crippen molar-refractivity contribution in [2.24, 2.45) is 5.41 Å². The number of nitrogens with one attached hydrogen (secondary N) is 1. The molecule has 0 spiro atoms. The molecule has 0 unspecified atom stereocenters. The van der Waals surface area contributed by atoms with Gasteiger partial charge in [-0.15, -0.1) is 0 Å². The fourth-order valence-electron chi connectivity index (χ4n) is 2.73. The van der Waals surface area contributed by atoms with Crippen molar-refractivity contribution in [3.05, 3.63) is 23.0 Å². The minimum Gasteiger partial charge on any atom is -0.282 e. The highest BCUT2D eigenvalue weighted by Gasteiger charge is 2.30. The molecule has 0 saturated carbocycles. The van der Waals surface area contributed by atoms with Crippen LogP contribution in [0.4, 0.5) is 0 Å². The monoisotopic (exact) mass is 204 g/mol. The summed E-state index contributed by atoms with van der Waals surface area (Å²) in [5, 5.41) is 7.44. The first-order valence-corrected chi connectivity index (χ1v) is 5.73. The van der Waals surface area contributed by atoms with Crippen LogP contribution in [0.3, 0.4) is 0 Å². The molecule has 0 aliphatic heterocycles. The van der Waals surface area contributed by atoms with Gasteiger partial charge in [0.25, 0.3) is 0 Å². The maximum atomic E-state index is 4.40. The smallest absolute Gasteiger partial charge is 0.0887 e. The average Bonchev–Trinajstić information content (AvgIpc) is 2.50. The van der Waals surface area contributed by atoms with Gasteiger partial charge in [0.1, 0.15) is 0 Å². The lowest BCUT2D eigenvalue weighted by Crippen LogP contribution is -2.19. The summed E-state index contributed by atoms with van der Waals surface area (Å²) in [4.78, 5) is 0. The summed E-state index contributed by atoms with van der Waals surface area (Å²) in [6.45, 7) is 8.96. The second kappa shape index (κ2) is 3.51. The highest BCUT2D eigenvalue weighted by molar-refractivity contribution is 5.71. The van der Waals surface area contributed by atoms with Gasteiger partial charge < -0.3 is 0 Å². The van der Waals surface area contributed by atoms with Gasteiger partial charge in [0.2, 0.25) is 0 Å². The van der Waals surface area contributed by atoms with Gasteiger partial charge in [-0.3, -0.25) is 5.10 Å². The first kappa shape index (κ1) is 10.5. The number of aromatic amines is 1. The zero-order chi connectivity index (χ0) is 11.1. The Morgan fingerprint density at radius 3 is 2.60 bits per heavy atom. The van der Waals surface area contributed by atoms with E-state index in [1.807, 2.05) is 0 Å². The largest absolute Gasteiger partial charge is 0.282 e. The van der Waals surface area contributed by atoms with E-state index in [2.05, 4.69) is 44.0 Å². The Labute approximate surface area is 91.8 Å². The Morgan fingerprint density at radius 1 is 1.33 bits per heavy atom. The zero-order valence-electron chi connectivity index (χ0n) is 10.1.